The number of carbonyl (C=O) groups excluding carboxylic acids is 1. The second kappa shape index (κ2) is 4.24. The Kier molecular flexibility index (Phi) is 2.79. The Bertz CT molecular complexity index is 496. The van der Waals surface area contributed by atoms with Crippen molar-refractivity contribution in [2.75, 3.05) is 0 Å². The molecule has 0 atom stereocenters. The third kappa shape index (κ3) is 2.05. The zero-order valence-electron chi connectivity index (χ0n) is 7.85. The molecule has 1 heterocycles. The van der Waals surface area contributed by atoms with Gasteiger partial charge in [-0.05, 0) is 23.8 Å². The predicted octanol–water partition coefficient (Wildman–Crippen LogP) is 3.21. The molecule has 0 aliphatic rings. The zero-order chi connectivity index (χ0) is 10.7. The first-order chi connectivity index (χ1) is 7.31. The highest BCUT2D eigenvalue weighted by Crippen LogP contribution is 2.24. The van der Waals surface area contributed by atoms with E-state index in [-0.39, 0.29) is 0 Å². The zero-order valence-corrected chi connectivity index (χ0v) is 8.61. The molecule has 0 spiro atoms. The van der Waals surface area contributed by atoms with Crippen LogP contribution in [0.3, 0.4) is 0 Å². The van der Waals surface area contributed by atoms with Gasteiger partial charge >= 0.3 is 0 Å². The van der Waals surface area contributed by atoms with Crippen molar-refractivity contribution in [3.8, 4) is 11.1 Å². The summed E-state index contributed by atoms with van der Waals surface area (Å²) in [6, 6.07) is 9.03. The van der Waals surface area contributed by atoms with Gasteiger partial charge in [-0.1, -0.05) is 23.7 Å². The Morgan fingerprint density at radius 3 is 2.87 bits per heavy atom. The average Bonchev–Trinajstić information content (AvgIpc) is 2.29. The fourth-order valence-electron chi connectivity index (χ4n) is 1.41. The first kappa shape index (κ1) is 9.87. The maximum absolute atomic E-state index is 10.8. The summed E-state index contributed by atoms with van der Waals surface area (Å²) in [5, 5.41) is 0.646. The van der Waals surface area contributed by atoms with Gasteiger partial charge in [0.15, 0.2) is 6.29 Å². The molecule has 2 nitrogen and oxygen atoms in total. The Hall–Kier alpha value is -1.67. The maximum atomic E-state index is 10.8. The molecule has 0 N–H and O–H groups in total. The van der Waals surface area contributed by atoms with Crippen LogP contribution in [0.5, 0.6) is 0 Å². The van der Waals surface area contributed by atoms with Crippen molar-refractivity contribution in [2.45, 2.75) is 0 Å². The molecule has 0 bridgehead atoms. The quantitative estimate of drug-likeness (QED) is 0.723. The Morgan fingerprint density at radius 2 is 2.13 bits per heavy atom. The molecule has 1 aromatic heterocycles. The minimum atomic E-state index is 0.618. The normalized spacial score (nSPS) is 9.93. The summed E-state index contributed by atoms with van der Waals surface area (Å²) in [6.07, 6.45) is 4.07. The largest absolute Gasteiger partial charge is 0.298 e. The van der Waals surface area contributed by atoms with Crippen LogP contribution in [0.1, 0.15) is 10.4 Å². The smallest absolute Gasteiger partial charge is 0.150 e. The van der Waals surface area contributed by atoms with Crippen LogP contribution < -0.4 is 0 Å². The molecule has 0 unspecified atom stereocenters. The number of benzene rings is 1. The lowest BCUT2D eigenvalue weighted by Gasteiger charge is -2.03. The summed E-state index contributed by atoms with van der Waals surface area (Å²) in [5.41, 5.74) is 2.32. The molecular formula is C12H8ClNO. The summed E-state index contributed by atoms with van der Waals surface area (Å²) in [5.74, 6) is 0. The highest BCUT2D eigenvalue weighted by molar-refractivity contribution is 6.30. The van der Waals surface area contributed by atoms with E-state index < -0.39 is 0 Å². The van der Waals surface area contributed by atoms with Crippen molar-refractivity contribution in [2.24, 2.45) is 0 Å². The highest BCUT2D eigenvalue weighted by Gasteiger charge is 2.04. The van der Waals surface area contributed by atoms with E-state index in [4.69, 9.17) is 11.6 Å². The number of aldehydes is 1. The van der Waals surface area contributed by atoms with Gasteiger partial charge in [0.2, 0.25) is 0 Å². The van der Waals surface area contributed by atoms with E-state index in [9.17, 15) is 4.79 Å². The van der Waals surface area contributed by atoms with Crippen molar-refractivity contribution in [3.63, 3.8) is 0 Å². The summed E-state index contributed by atoms with van der Waals surface area (Å²) in [6.45, 7) is 0. The standard InChI is InChI=1S/C12H8ClNO/c13-11-3-1-2-9(6-11)12-7-14-5-4-10(12)8-15/h1-8H. The van der Waals surface area contributed by atoms with Gasteiger partial charge in [-0.2, -0.15) is 0 Å². The molecule has 0 amide bonds. The van der Waals surface area contributed by atoms with Crippen molar-refractivity contribution in [3.05, 3.63) is 53.3 Å². The fourth-order valence-corrected chi connectivity index (χ4v) is 1.60. The van der Waals surface area contributed by atoms with E-state index in [0.29, 0.717) is 10.6 Å². The van der Waals surface area contributed by atoms with Crippen LogP contribution >= 0.6 is 11.6 Å². The van der Waals surface area contributed by atoms with Crippen molar-refractivity contribution in [1.29, 1.82) is 0 Å². The Labute approximate surface area is 92.5 Å². The van der Waals surface area contributed by atoms with E-state index in [2.05, 4.69) is 4.98 Å². The summed E-state index contributed by atoms with van der Waals surface area (Å²) < 4.78 is 0. The van der Waals surface area contributed by atoms with E-state index in [1.54, 1.807) is 24.5 Å². The van der Waals surface area contributed by atoms with Gasteiger partial charge in [0.05, 0.1) is 0 Å². The van der Waals surface area contributed by atoms with Gasteiger partial charge in [0.1, 0.15) is 0 Å². The molecule has 0 aliphatic carbocycles. The van der Waals surface area contributed by atoms with Crippen LogP contribution in [-0.2, 0) is 0 Å². The van der Waals surface area contributed by atoms with E-state index >= 15 is 0 Å². The number of nitrogens with zero attached hydrogens (tertiary/aromatic N) is 1. The SMILES string of the molecule is O=Cc1ccncc1-c1cccc(Cl)c1. The monoisotopic (exact) mass is 217 g/mol. The van der Waals surface area contributed by atoms with Gasteiger partial charge < -0.3 is 0 Å². The Balaban J connectivity index is 2.58. The third-order valence-electron chi connectivity index (χ3n) is 2.12. The van der Waals surface area contributed by atoms with Gasteiger partial charge in [0, 0.05) is 28.5 Å². The van der Waals surface area contributed by atoms with Crippen LogP contribution in [0.4, 0.5) is 0 Å². The predicted molar refractivity (Wildman–Crippen MR) is 60.1 cm³/mol. The minimum absolute atomic E-state index is 0.618. The molecule has 0 saturated carbocycles. The van der Waals surface area contributed by atoms with E-state index in [0.717, 1.165) is 17.4 Å². The lowest BCUT2D eigenvalue weighted by molar-refractivity contribution is 0.112. The number of hydrogen-bond donors (Lipinski definition) is 0. The van der Waals surface area contributed by atoms with E-state index in [1.807, 2.05) is 18.2 Å². The first-order valence-corrected chi connectivity index (χ1v) is 4.84. The molecule has 74 valence electrons. The number of hydrogen-bond acceptors (Lipinski definition) is 2. The van der Waals surface area contributed by atoms with E-state index in [1.165, 1.54) is 0 Å². The molecule has 0 fully saturated rings. The molecule has 2 aromatic rings. The summed E-state index contributed by atoms with van der Waals surface area (Å²) in [7, 11) is 0. The first-order valence-electron chi connectivity index (χ1n) is 4.46. The lowest BCUT2D eigenvalue weighted by Crippen LogP contribution is -1.88. The van der Waals surface area contributed by atoms with Gasteiger partial charge in [-0.3, -0.25) is 9.78 Å². The highest BCUT2D eigenvalue weighted by atomic mass is 35.5. The van der Waals surface area contributed by atoms with Gasteiger partial charge in [0.25, 0.3) is 0 Å². The number of aromatic nitrogens is 1. The van der Waals surface area contributed by atoms with Gasteiger partial charge in [-0.15, -0.1) is 0 Å². The van der Waals surface area contributed by atoms with Crippen LogP contribution in [0, 0.1) is 0 Å². The van der Waals surface area contributed by atoms with Crippen molar-refractivity contribution >= 4 is 17.9 Å². The van der Waals surface area contributed by atoms with Crippen molar-refractivity contribution < 1.29 is 4.79 Å². The van der Waals surface area contributed by atoms with Gasteiger partial charge in [-0.25, -0.2) is 0 Å². The number of halogens is 1. The molecule has 15 heavy (non-hydrogen) atoms. The second-order valence-electron chi connectivity index (χ2n) is 3.09. The summed E-state index contributed by atoms with van der Waals surface area (Å²) >= 11 is 5.88. The molecule has 0 aliphatic heterocycles. The molecule has 0 radical (unpaired) electrons. The Morgan fingerprint density at radius 1 is 1.27 bits per heavy atom. The van der Waals surface area contributed by atoms with Crippen LogP contribution in [0.25, 0.3) is 11.1 Å². The summed E-state index contributed by atoms with van der Waals surface area (Å²) in [4.78, 5) is 14.8. The van der Waals surface area contributed by atoms with Crippen LogP contribution in [-0.4, -0.2) is 11.3 Å². The molecular weight excluding hydrogens is 210 g/mol. The maximum Gasteiger partial charge on any atom is 0.150 e. The van der Waals surface area contributed by atoms with Crippen molar-refractivity contribution in [1.82, 2.24) is 4.98 Å². The molecule has 2 rings (SSSR count). The van der Waals surface area contributed by atoms with Crippen LogP contribution in [0.2, 0.25) is 5.02 Å². The second-order valence-corrected chi connectivity index (χ2v) is 3.53. The third-order valence-corrected chi connectivity index (χ3v) is 2.35. The number of pyridine rings is 1. The average molecular weight is 218 g/mol. The molecule has 1 aromatic carbocycles. The minimum Gasteiger partial charge on any atom is -0.298 e. The topological polar surface area (TPSA) is 30.0 Å². The molecule has 3 heteroatoms. The number of carbonyl (C=O) groups is 1. The molecule has 0 saturated heterocycles. The fraction of sp³-hybridized carbons (Fsp3) is 0. The lowest BCUT2D eigenvalue weighted by atomic mass is 10.0. The number of rotatable bonds is 2. The van der Waals surface area contributed by atoms with Crippen LogP contribution in [0.15, 0.2) is 42.7 Å².